The predicted octanol–water partition coefficient (Wildman–Crippen LogP) is 2.31. The largest absolute Gasteiger partial charge is 0.507 e. The summed E-state index contributed by atoms with van der Waals surface area (Å²) in [5.74, 6) is -2.56. The number of amides is 2. The van der Waals surface area contributed by atoms with Crippen molar-refractivity contribution in [2.75, 3.05) is 6.26 Å². The van der Waals surface area contributed by atoms with Gasteiger partial charge in [0, 0.05) is 11.5 Å². The van der Waals surface area contributed by atoms with Gasteiger partial charge in [-0.1, -0.05) is 24.6 Å². The zero-order valence-electron chi connectivity index (χ0n) is 19.2. The minimum Gasteiger partial charge on any atom is -0.507 e. The maximum Gasteiger partial charge on any atom is 0.306 e. The summed E-state index contributed by atoms with van der Waals surface area (Å²) in [6.07, 6.45) is 6.17. The molecule has 0 aromatic heterocycles. The van der Waals surface area contributed by atoms with Crippen molar-refractivity contribution < 1.29 is 36.8 Å². The van der Waals surface area contributed by atoms with Crippen LogP contribution in [-0.2, 0) is 25.5 Å². The maximum absolute atomic E-state index is 13.3. The van der Waals surface area contributed by atoms with Crippen molar-refractivity contribution in [1.29, 1.82) is 0 Å². The molecule has 4 aliphatic rings. The molecule has 5 rings (SSSR count). The second kappa shape index (κ2) is 6.38. The van der Waals surface area contributed by atoms with Crippen LogP contribution in [0.1, 0.15) is 54.0 Å². The van der Waals surface area contributed by atoms with E-state index in [-0.39, 0.29) is 34.8 Å². The Balaban J connectivity index is 1.85. The Morgan fingerprint density at radius 1 is 1.09 bits per heavy atom. The molecular formula is C24H23NO8S. The van der Waals surface area contributed by atoms with Crippen LogP contribution in [0, 0.1) is 10.8 Å². The second-order valence-electron chi connectivity index (χ2n) is 9.94. The van der Waals surface area contributed by atoms with Crippen LogP contribution in [0.4, 0.5) is 0 Å². The first-order valence-corrected chi connectivity index (χ1v) is 12.4. The fourth-order valence-electron chi connectivity index (χ4n) is 5.56. The van der Waals surface area contributed by atoms with E-state index >= 15 is 0 Å². The number of rotatable bonds is 2. The summed E-state index contributed by atoms with van der Waals surface area (Å²) in [6.45, 7) is 7.12. The molecule has 178 valence electrons. The zero-order chi connectivity index (χ0) is 25.0. The van der Waals surface area contributed by atoms with Gasteiger partial charge in [0.05, 0.1) is 22.8 Å². The normalized spacial score (nSPS) is 28.9. The lowest BCUT2D eigenvalue weighted by molar-refractivity contribution is -0.127. The molecule has 1 aromatic carbocycles. The molecule has 1 spiro atoms. The van der Waals surface area contributed by atoms with Crippen molar-refractivity contribution in [3.8, 4) is 11.5 Å². The van der Waals surface area contributed by atoms with Crippen molar-refractivity contribution in [3.05, 3.63) is 57.9 Å². The number of phenolic OH excluding ortho intramolecular Hbond substituents is 1. The molecule has 9 nitrogen and oxygen atoms in total. The van der Waals surface area contributed by atoms with Gasteiger partial charge >= 0.3 is 10.1 Å². The lowest BCUT2D eigenvalue weighted by Crippen LogP contribution is -2.62. The predicted molar refractivity (Wildman–Crippen MR) is 120 cm³/mol. The summed E-state index contributed by atoms with van der Waals surface area (Å²) < 4.78 is 35.7. The van der Waals surface area contributed by atoms with Crippen molar-refractivity contribution in [1.82, 2.24) is 5.32 Å². The Hall–Kier alpha value is -3.40. The first kappa shape index (κ1) is 22.4. The highest BCUT2D eigenvalue weighted by Gasteiger charge is 2.64. The molecule has 2 amide bonds. The van der Waals surface area contributed by atoms with Gasteiger partial charge < -0.3 is 14.0 Å². The van der Waals surface area contributed by atoms with E-state index in [1.807, 2.05) is 19.9 Å². The van der Waals surface area contributed by atoms with E-state index in [9.17, 15) is 27.9 Å². The first-order valence-electron chi connectivity index (χ1n) is 10.6. The van der Waals surface area contributed by atoms with Gasteiger partial charge in [0.25, 0.3) is 11.8 Å². The van der Waals surface area contributed by atoms with E-state index in [4.69, 9.17) is 8.92 Å². The topological polar surface area (TPSA) is 136 Å². The molecule has 1 aromatic rings. The molecule has 0 saturated heterocycles. The molecule has 0 bridgehead atoms. The van der Waals surface area contributed by atoms with E-state index in [0.29, 0.717) is 11.1 Å². The van der Waals surface area contributed by atoms with Crippen LogP contribution in [0.3, 0.4) is 0 Å². The number of allylic oxidation sites excluding steroid dienone is 3. The summed E-state index contributed by atoms with van der Waals surface area (Å²) in [6, 6.07) is 1.41. The third kappa shape index (κ3) is 2.65. The number of imide groups is 1. The Kier molecular flexibility index (Phi) is 4.20. The molecule has 34 heavy (non-hydrogen) atoms. The fourth-order valence-corrected chi connectivity index (χ4v) is 6.01. The van der Waals surface area contributed by atoms with Crippen LogP contribution in [-0.4, -0.2) is 43.0 Å². The highest BCUT2D eigenvalue weighted by atomic mass is 32.2. The van der Waals surface area contributed by atoms with Crippen LogP contribution < -0.4 is 10.1 Å². The molecule has 2 heterocycles. The average molecular weight is 486 g/mol. The number of fused-ring (bicyclic) bond motifs is 3. The summed E-state index contributed by atoms with van der Waals surface area (Å²) in [5.41, 5.74) is -1.75. The van der Waals surface area contributed by atoms with Crippen molar-refractivity contribution >= 4 is 27.7 Å². The average Bonchev–Trinajstić information content (AvgIpc) is 3.00. The monoisotopic (exact) mass is 485 g/mol. The van der Waals surface area contributed by atoms with Crippen molar-refractivity contribution in [2.45, 2.75) is 39.7 Å². The van der Waals surface area contributed by atoms with E-state index in [0.717, 1.165) is 11.8 Å². The fraction of sp³-hybridized carbons (Fsp3) is 0.375. The van der Waals surface area contributed by atoms with Crippen LogP contribution in [0.2, 0.25) is 0 Å². The van der Waals surface area contributed by atoms with Gasteiger partial charge in [-0.05, 0) is 44.4 Å². The molecule has 10 heteroatoms. The van der Waals surface area contributed by atoms with Crippen molar-refractivity contribution in [3.63, 3.8) is 0 Å². The molecule has 0 radical (unpaired) electrons. The number of benzene rings is 1. The van der Waals surface area contributed by atoms with Gasteiger partial charge in [0.1, 0.15) is 11.5 Å². The number of carbonyl (C=O) groups is 3. The molecule has 2 unspecified atom stereocenters. The Morgan fingerprint density at radius 2 is 1.74 bits per heavy atom. The molecule has 2 aliphatic carbocycles. The number of hydrogen-bond acceptors (Lipinski definition) is 8. The minimum absolute atomic E-state index is 0.0864. The van der Waals surface area contributed by atoms with Gasteiger partial charge in [-0.15, -0.1) is 0 Å². The quantitative estimate of drug-likeness (QED) is 0.481. The Labute approximate surface area is 196 Å². The Morgan fingerprint density at radius 3 is 2.38 bits per heavy atom. The highest BCUT2D eigenvalue weighted by molar-refractivity contribution is 7.86. The third-order valence-corrected chi connectivity index (χ3v) is 7.94. The third-order valence-electron chi connectivity index (χ3n) is 7.45. The summed E-state index contributed by atoms with van der Waals surface area (Å²) in [5, 5.41) is 12.7. The molecular weight excluding hydrogens is 462 g/mol. The first-order chi connectivity index (χ1) is 15.6. The van der Waals surface area contributed by atoms with E-state index in [1.165, 1.54) is 12.1 Å². The van der Waals surface area contributed by atoms with Gasteiger partial charge in [-0.2, -0.15) is 8.42 Å². The number of phenols is 1. The summed E-state index contributed by atoms with van der Waals surface area (Å²) in [4.78, 5) is 38.3. The molecule has 0 fully saturated rings. The lowest BCUT2D eigenvalue weighted by atomic mass is 9.52. The summed E-state index contributed by atoms with van der Waals surface area (Å²) >= 11 is 0. The van der Waals surface area contributed by atoms with Crippen molar-refractivity contribution in [2.24, 2.45) is 10.8 Å². The molecule has 2 N–H and O–H groups in total. The van der Waals surface area contributed by atoms with Gasteiger partial charge in [0.2, 0.25) is 5.78 Å². The van der Waals surface area contributed by atoms with E-state index < -0.39 is 44.1 Å². The molecule has 0 saturated carbocycles. The van der Waals surface area contributed by atoms with Gasteiger partial charge in [0.15, 0.2) is 11.4 Å². The number of hydrogen-bond donors (Lipinski definition) is 2. The lowest BCUT2D eigenvalue weighted by Gasteiger charge is -2.57. The van der Waals surface area contributed by atoms with E-state index in [2.05, 4.69) is 5.32 Å². The maximum atomic E-state index is 13.3. The van der Waals surface area contributed by atoms with Gasteiger partial charge in [-0.25, -0.2) is 0 Å². The summed E-state index contributed by atoms with van der Waals surface area (Å²) in [7, 11) is -4.03. The second-order valence-corrected chi connectivity index (χ2v) is 11.5. The highest BCUT2D eigenvalue weighted by Crippen LogP contribution is 2.62. The standard InChI is InChI=1S/C24H23NO8S/c1-11-6-7-15-22(2,3)19(27)14(33-34(5,30)31)10-24(15)23(11,4)9-12-8-13(26)16-17(18(12)32-24)21(29)25-20(16)28/h6-8,10,26H,9H2,1-5H3,(H,25,28,29). The number of carbonyl (C=O) groups excluding carboxylic acids is 3. The Bertz CT molecular complexity index is 1450. The molecule has 2 atom stereocenters. The van der Waals surface area contributed by atoms with Crippen LogP contribution in [0.15, 0.2) is 41.2 Å². The minimum atomic E-state index is -4.03. The SMILES string of the molecule is CC1=CC=C2C(C)(C)C(=O)C(OS(C)(=O)=O)=CC23Oc2c(cc(O)c4c2C(=O)NC4=O)CC13C. The van der Waals surface area contributed by atoms with E-state index in [1.54, 1.807) is 19.9 Å². The molecule has 2 aliphatic heterocycles. The van der Waals surface area contributed by atoms with Crippen LogP contribution >= 0.6 is 0 Å². The number of ketones is 1. The van der Waals surface area contributed by atoms with Crippen LogP contribution in [0.25, 0.3) is 0 Å². The number of nitrogens with one attached hydrogen (secondary N) is 1. The number of aromatic hydroxyl groups is 1. The van der Waals surface area contributed by atoms with Gasteiger partial charge in [-0.3, -0.25) is 19.7 Å². The smallest absolute Gasteiger partial charge is 0.306 e. The number of ether oxygens (including phenoxy) is 1. The zero-order valence-corrected chi connectivity index (χ0v) is 20.0. The van der Waals surface area contributed by atoms with Crippen LogP contribution in [0.5, 0.6) is 11.5 Å². The number of Topliss-reactive ketones (excluding diaryl/α,β-unsaturated/α-hetero) is 1.